The molecule has 0 bridgehead atoms. The molecule has 4 nitrogen and oxygen atoms in total. The molecular weight excluding hydrogens is 418 g/mol. The molecule has 0 N–H and O–H groups in total. The Morgan fingerprint density at radius 2 is 1.74 bits per heavy atom. The highest BCUT2D eigenvalue weighted by molar-refractivity contribution is 5.76. The van der Waals surface area contributed by atoms with Gasteiger partial charge in [-0.25, -0.2) is 0 Å². The minimum atomic E-state index is -0.0382. The van der Waals surface area contributed by atoms with Crippen molar-refractivity contribution in [3.63, 3.8) is 0 Å². The van der Waals surface area contributed by atoms with Gasteiger partial charge >= 0.3 is 0 Å². The number of nitrogens with zero attached hydrogens (tertiary/aromatic N) is 3. The Labute approximate surface area is 199 Å². The van der Waals surface area contributed by atoms with Crippen LogP contribution in [0.25, 0.3) is 0 Å². The van der Waals surface area contributed by atoms with E-state index < -0.39 is 0 Å². The molecule has 7 atom stereocenters. The van der Waals surface area contributed by atoms with Crippen molar-refractivity contribution in [1.82, 2.24) is 0 Å². The number of fused-ring (bicyclic) bond motifs is 7. The average Bonchev–Trinajstić information content (AvgIpc) is 3.44. The lowest BCUT2D eigenvalue weighted by atomic mass is 9.73. The molecule has 3 aliphatic heterocycles. The second kappa shape index (κ2) is 7.60. The number of dihydropyridines is 1. The van der Waals surface area contributed by atoms with Crippen LogP contribution in [0, 0.1) is 23.2 Å². The fourth-order valence-corrected chi connectivity index (χ4v) is 6.68. The lowest BCUT2D eigenvalue weighted by Gasteiger charge is -2.37. The highest BCUT2D eigenvalue weighted by Gasteiger charge is 2.55. The van der Waals surface area contributed by atoms with E-state index in [9.17, 15) is 5.26 Å². The largest absolute Gasteiger partial charge is 0.489 e. The maximum absolute atomic E-state index is 9.48. The predicted molar refractivity (Wildman–Crippen MR) is 134 cm³/mol. The molecule has 0 saturated carbocycles. The van der Waals surface area contributed by atoms with Gasteiger partial charge in [0, 0.05) is 52.8 Å². The average molecular weight is 444 g/mol. The number of rotatable bonds is 2. The van der Waals surface area contributed by atoms with Crippen molar-refractivity contribution in [2.45, 2.75) is 36.6 Å². The molecular formula is C30H25N3O. The minimum absolute atomic E-state index is 0.0382. The molecule has 1 saturated heterocycles. The Balaban J connectivity index is 1.32. The van der Waals surface area contributed by atoms with Crippen LogP contribution in [0.2, 0.25) is 0 Å². The first kappa shape index (κ1) is 19.6. The third-order valence-electron chi connectivity index (χ3n) is 8.09. The summed E-state index contributed by atoms with van der Waals surface area (Å²) >= 11 is 0. The van der Waals surface area contributed by atoms with E-state index in [1.54, 1.807) is 6.21 Å². The molecule has 2 aliphatic carbocycles. The van der Waals surface area contributed by atoms with E-state index in [4.69, 9.17) is 9.73 Å². The normalized spacial score (nSPS) is 33.9. The van der Waals surface area contributed by atoms with Crippen molar-refractivity contribution in [1.29, 1.82) is 5.26 Å². The van der Waals surface area contributed by atoms with E-state index in [2.05, 4.69) is 96.0 Å². The van der Waals surface area contributed by atoms with Gasteiger partial charge in [-0.3, -0.25) is 4.99 Å². The van der Waals surface area contributed by atoms with Gasteiger partial charge in [0.25, 0.3) is 0 Å². The lowest BCUT2D eigenvalue weighted by Crippen LogP contribution is -2.43. The Kier molecular flexibility index (Phi) is 4.38. The number of aliphatic imine (C=N–C) groups is 1. The maximum Gasteiger partial charge on any atom is 0.123 e. The van der Waals surface area contributed by atoms with Gasteiger partial charge in [0.1, 0.15) is 11.9 Å². The summed E-state index contributed by atoms with van der Waals surface area (Å²) in [6, 6.07) is 19.9. The second-order valence-corrected chi connectivity index (χ2v) is 9.72. The number of ether oxygens (including phenoxy) is 1. The monoisotopic (exact) mass is 443 g/mol. The van der Waals surface area contributed by atoms with Crippen molar-refractivity contribution in [3.05, 3.63) is 108 Å². The van der Waals surface area contributed by atoms with Crippen LogP contribution < -0.4 is 9.64 Å². The van der Waals surface area contributed by atoms with E-state index in [1.807, 2.05) is 6.08 Å². The molecule has 34 heavy (non-hydrogen) atoms. The summed E-state index contributed by atoms with van der Waals surface area (Å²) in [6.45, 7) is 0. The molecule has 7 unspecified atom stereocenters. The van der Waals surface area contributed by atoms with Crippen molar-refractivity contribution >= 4 is 11.9 Å². The topological polar surface area (TPSA) is 48.6 Å². The first-order valence-electron chi connectivity index (χ1n) is 12.1. The van der Waals surface area contributed by atoms with E-state index >= 15 is 0 Å². The molecule has 0 aromatic heterocycles. The van der Waals surface area contributed by atoms with Crippen LogP contribution in [-0.2, 0) is 0 Å². The number of hydrogen-bond acceptors (Lipinski definition) is 4. The molecule has 166 valence electrons. The van der Waals surface area contributed by atoms with Gasteiger partial charge < -0.3 is 9.64 Å². The second-order valence-electron chi connectivity index (χ2n) is 9.72. The van der Waals surface area contributed by atoms with Crippen molar-refractivity contribution in [3.8, 4) is 11.8 Å². The summed E-state index contributed by atoms with van der Waals surface area (Å²) in [5.41, 5.74) is 4.49. The predicted octanol–water partition coefficient (Wildman–Crippen LogP) is 5.68. The van der Waals surface area contributed by atoms with Crippen LogP contribution in [0.1, 0.15) is 29.5 Å². The van der Waals surface area contributed by atoms with Gasteiger partial charge in [-0.15, -0.1) is 0 Å². The highest BCUT2D eigenvalue weighted by Crippen LogP contribution is 2.54. The van der Waals surface area contributed by atoms with E-state index in [-0.39, 0.29) is 24.2 Å². The number of para-hydroxylation sites is 2. The molecule has 0 amide bonds. The summed E-state index contributed by atoms with van der Waals surface area (Å²) in [5, 5.41) is 9.48. The molecule has 0 spiro atoms. The quantitative estimate of drug-likeness (QED) is 0.561. The minimum Gasteiger partial charge on any atom is -0.489 e. The van der Waals surface area contributed by atoms with Gasteiger partial charge in [0.2, 0.25) is 0 Å². The first-order chi connectivity index (χ1) is 16.8. The molecule has 4 heteroatoms. The van der Waals surface area contributed by atoms with Crippen molar-refractivity contribution in [2.24, 2.45) is 16.8 Å². The third kappa shape index (κ3) is 2.80. The van der Waals surface area contributed by atoms with Gasteiger partial charge in [-0.1, -0.05) is 72.9 Å². The highest BCUT2D eigenvalue weighted by atomic mass is 16.5. The molecule has 3 heterocycles. The van der Waals surface area contributed by atoms with Crippen LogP contribution in [0.5, 0.6) is 5.75 Å². The number of hydrogen-bond donors (Lipinski definition) is 0. The summed E-state index contributed by atoms with van der Waals surface area (Å²) < 4.78 is 6.63. The number of benzene rings is 2. The smallest absolute Gasteiger partial charge is 0.123 e. The van der Waals surface area contributed by atoms with E-state index in [1.165, 1.54) is 16.8 Å². The molecule has 2 aromatic rings. The molecule has 1 fully saturated rings. The molecule has 0 radical (unpaired) electrons. The molecule has 2 aromatic carbocycles. The number of anilines is 1. The fraction of sp³-hybridized carbons (Fsp3) is 0.267. The number of nitriles is 1. The lowest BCUT2D eigenvalue weighted by molar-refractivity contribution is 0.122. The molecule has 5 aliphatic rings. The van der Waals surface area contributed by atoms with Crippen molar-refractivity contribution < 1.29 is 4.74 Å². The zero-order chi connectivity index (χ0) is 22.6. The maximum atomic E-state index is 9.48. The van der Waals surface area contributed by atoms with Gasteiger partial charge in [-0.05, 0) is 18.2 Å². The Hall–Kier alpha value is -3.84. The Morgan fingerprint density at radius 3 is 2.65 bits per heavy atom. The van der Waals surface area contributed by atoms with Crippen LogP contribution in [0.3, 0.4) is 0 Å². The zero-order valence-corrected chi connectivity index (χ0v) is 18.7. The first-order valence-corrected chi connectivity index (χ1v) is 12.1. The fourth-order valence-electron chi connectivity index (χ4n) is 6.68. The van der Waals surface area contributed by atoms with E-state index in [0.29, 0.717) is 24.2 Å². The number of allylic oxidation sites excluding steroid dienone is 3. The van der Waals surface area contributed by atoms with Gasteiger partial charge in [0.15, 0.2) is 0 Å². The summed E-state index contributed by atoms with van der Waals surface area (Å²) in [5.74, 6) is 2.06. The Morgan fingerprint density at radius 1 is 0.912 bits per heavy atom. The standard InChI is InChI=1S/C30H25N3O/c31-18-19-15-16-32-24(17-19)22-8-1-4-10-25(22)33-26-11-5-2-9-23(26)29-27(33)14-13-21-20-7-3-6-12-28(20)34-30(21)29/h1-16,21,23-24,26-27,29-30H,17H2. The van der Waals surface area contributed by atoms with Gasteiger partial charge in [-0.2, -0.15) is 5.26 Å². The SMILES string of the molecule is N#CC1=CC=NC(c2ccccc2N2C3C=CC=CC3C3C4Oc5ccccc5C4C=CC32)C1. The van der Waals surface area contributed by atoms with E-state index in [0.717, 1.165) is 11.3 Å². The van der Waals surface area contributed by atoms with Crippen LogP contribution in [-0.4, -0.2) is 24.4 Å². The Bertz CT molecular complexity index is 1340. The van der Waals surface area contributed by atoms with Crippen LogP contribution >= 0.6 is 0 Å². The van der Waals surface area contributed by atoms with Crippen molar-refractivity contribution in [2.75, 3.05) is 4.90 Å². The third-order valence-corrected chi connectivity index (χ3v) is 8.09. The summed E-state index contributed by atoms with van der Waals surface area (Å²) in [7, 11) is 0. The molecule has 7 rings (SSSR count). The van der Waals surface area contributed by atoms with Crippen LogP contribution in [0.4, 0.5) is 5.69 Å². The zero-order valence-electron chi connectivity index (χ0n) is 18.7. The summed E-state index contributed by atoms with van der Waals surface area (Å²) in [6.07, 6.45) is 18.3. The summed E-state index contributed by atoms with van der Waals surface area (Å²) in [4.78, 5) is 7.35. The van der Waals surface area contributed by atoms with Gasteiger partial charge in [0.05, 0.1) is 24.2 Å². The van der Waals surface area contributed by atoms with Crippen LogP contribution in [0.15, 0.2) is 102 Å².